The van der Waals surface area contributed by atoms with Gasteiger partial charge in [0.2, 0.25) is 17.7 Å². The fourth-order valence-electron chi connectivity index (χ4n) is 6.76. The van der Waals surface area contributed by atoms with Gasteiger partial charge in [0.25, 0.3) is 10.2 Å². The van der Waals surface area contributed by atoms with Gasteiger partial charge in [-0.05, 0) is 68.8 Å². The Kier molecular flexibility index (Phi) is 19.4. The van der Waals surface area contributed by atoms with Crippen LogP contribution in [0, 0.1) is 5.92 Å². The molecule has 3 amide bonds. The highest BCUT2D eigenvalue weighted by molar-refractivity contribution is 7.87. The Balaban J connectivity index is 1.82. The summed E-state index contributed by atoms with van der Waals surface area (Å²) in [5, 5.41) is 23.8. The highest BCUT2D eigenvalue weighted by atomic mass is 32.2. The minimum atomic E-state index is -4.02. The van der Waals surface area contributed by atoms with E-state index >= 15 is 0 Å². The number of carbonyl (C=O) groups is 3. The second-order valence-corrected chi connectivity index (χ2v) is 16.6. The summed E-state index contributed by atoms with van der Waals surface area (Å²) in [5.74, 6) is -1.12. The van der Waals surface area contributed by atoms with Crippen LogP contribution in [0.2, 0.25) is 0 Å². The highest BCUT2D eigenvalue weighted by Gasteiger charge is 2.34. The number of aliphatic hydroxyl groups is 1. The maximum Gasteiger partial charge on any atom is 0.279 e. The fourth-order valence-corrected chi connectivity index (χ4v) is 7.62. The molecule has 5 atom stereocenters. The van der Waals surface area contributed by atoms with Crippen LogP contribution in [0.1, 0.15) is 76.2 Å². The van der Waals surface area contributed by atoms with Crippen molar-refractivity contribution in [2.75, 3.05) is 53.9 Å². The average Bonchev–Trinajstić information content (AvgIpc) is 3.14. The number of nitrogens with zero attached hydrogens (tertiary/aromatic N) is 2. The van der Waals surface area contributed by atoms with E-state index < -0.39 is 46.3 Å². The van der Waals surface area contributed by atoms with E-state index in [2.05, 4.69) is 26.0 Å². The molecule has 1 aromatic carbocycles. The van der Waals surface area contributed by atoms with Crippen LogP contribution in [-0.2, 0) is 35.8 Å². The molecule has 0 radical (unpaired) electrons. The molecule has 2 aliphatic rings. The van der Waals surface area contributed by atoms with Gasteiger partial charge in [0, 0.05) is 40.8 Å². The molecule has 300 valence electrons. The predicted octanol–water partition coefficient (Wildman–Crippen LogP) is 0.525. The lowest BCUT2D eigenvalue weighted by molar-refractivity contribution is -0.142. The van der Waals surface area contributed by atoms with E-state index in [1.165, 1.54) is 14.1 Å². The van der Waals surface area contributed by atoms with Gasteiger partial charge in [-0.2, -0.15) is 17.4 Å². The van der Waals surface area contributed by atoms with Crippen molar-refractivity contribution in [1.82, 2.24) is 35.2 Å². The molecular formula is C36H62N8O7S2. The summed E-state index contributed by atoms with van der Waals surface area (Å²) >= 11 is 5.16. The van der Waals surface area contributed by atoms with E-state index in [1.54, 1.807) is 36.2 Å². The first-order valence-electron chi connectivity index (χ1n) is 18.9. The summed E-state index contributed by atoms with van der Waals surface area (Å²) in [6.45, 7) is 2.18. The maximum absolute atomic E-state index is 14.2. The third kappa shape index (κ3) is 15.8. The number of thiocarbonyl (C=S) groups is 1. The lowest BCUT2D eigenvalue weighted by atomic mass is 9.83. The molecule has 0 spiro atoms. The normalized spacial score (nSPS) is 19.1. The zero-order valence-electron chi connectivity index (χ0n) is 31.6. The Hall–Kier alpha value is -2.93. The number of benzene rings is 1. The molecule has 1 saturated carbocycles. The first-order valence-corrected chi connectivity index (χ1v) is 20.7. The molecule has 1 heterocycles. The fraction of sp³-hybridized carbons (Fsp3) is 0.722. The van der Waals surface area contributed by atoms with Crippen LogP contribution in [0.5, 0.6) is 0 Å². The number of carbonyl (C=O) groups excluding carboxylic acids is 3. The standard InChI is InChI=1S/C36H62N8O7S2/c1-38-36(52)39-19-11-10-16-29(40-35(48)31(42-53(49,50)43(2)3)23-27-14-8-5-9-15-27)34(47)41-30(22-26-12-6-4-7-13-26)32(45)24-33(46)44-20-21-51-28(25-44)17-18-37/h5,8-9,14-15,26,28-32,42,45H,4,6-7,10-13,16-25,37H2,1-3H3,(H,40,48)(H,41,47)(H2,38,39,52)/t28?,29?,30?,31?,32-/m0/s1. The van der Waals surface area contributed by atoms with Crippen molar-refractivity contribution in [1.29, 1.82) is 0 Å². The topological polar surface area (TPSA) is 207 Å². The van der Waals surface area contributed by atoms with Crippen LogP contribution in [-0.4, -0.2) is 130 Å². The SMILES string of the molecule is CNC(=S)NCCCCC(NC(=O)C(Cc1ccccc1)NS(=O)(=O)N(C)C)C(=O)NC(CC1CCCCC1)[C@@H](O)CC(=O)N1CCOC(CCN)C1. The maximum atomic E-state index is 14.2. The van der Waals surface area contributed by atoms with Gasteiger partial charge < -0.3 is 41.7 Å². The summed E-state index contributed by atoms with van der Waals surface area (Å²) in [5.41, 5.74) is 6.44. The number of nitrogens with one attached hydrogen (secondary N) is 5. The Labute approximate surface area is 321 Å². The molecule has 1 aromatic rings. The van der Waals surface area contributed by atoms with Crippen LogP contribution in [0.25, 0.3) is 0 Å². The van der Waals surface area contributed by atoms with Crippen molar-refractivity contribution in [2.45, 2.75) is 107 Å². The number of aliphatic hydroxyl groups excluding tert-OH is 1. The van der Waals surface area contributed by atoms with Crippen molar-refractivity contribution in [3.8, 4) is 0 Å². The molecule has 0 aromatic heterocycles. The molecule has 15 nitrogen and oxygen atoms in total. The molecule has 0 bridgehead atoms. The lowest BCUT2D eigenvalue weighted by Crippen LogP contribution is -2.57. The smallest absolute Gasteiger partial charge is 0.279 e. The van der Waals surface area contributed by atoms with E-state index in [4.69, 9.17) is 22.7 Å². The van der Waals surface area contributed by atoms with Crippen LogP contribution in [0.3, 0.4) is 0 Å². The molecule has 1 aliphatic carbocycles. The molecule has 8 N–H and O–H groups in total. The van der Waals surface area contributed by atoms with Crippen molar-refractivity contribution in [2.24, 2.45) is 11.7 Å². The van der Waals surface area contributed by atoms with Crippen LogP contribution in [0.15, 0.2) is 30.3 Å². The van der Waals surface area contributed by atoms with Gasteiger partial charge in [0.15, 0.2) is 5.11 Å². The van der Waals surface area contributed by atoms with Crippen molar-refractivity contribution < 1.29 is 32.6 Å². The van der Waals surface area contributed by atoms with Gasteiger partial charge in [-0.15, -0.1) is 0 Å². The Morgan fingerprint density at radius 2 is 1.75 bits per heavy atom. The number of nitrogens with two attached hydrogens (primary N) is 1. The first kappa shape index (κ1) is 44.5. The quantitative estimate of drug-likeness (QED) is 0.0677. The zero-order valence-corrected chi connectivity index (χ0v) is 33.2. The van der Waals surface area contributed by atoms with Crippen LogP contribution < -0.4 is 31.7 Å². The molecule has 2 fully saturated rings. The van der Waals surface area contributed by atoms with Gasteiger partial charge in [0.1, 0.15) is 12.1 Å². The zero-order chi connectivity index (χ0) is 38.8. The summed E-state index contributed by atoms with van der Waals surface area (Å²) in [4.78, 5) is 43.2. The average molecular weight is 783 g/mol. The minimum absolute atomic E-state index is 0.0538. The van der Waals surface area contributed by atoms with E-state index in [1.807, 2.05) is 6.07 Å². The number of amides is 3. The van der Waals surface area contributed by atoms with E-state index in [9.17, 15) is 27.9 Å². The van der Waals surface area contributed by atoms with Gasteiger partial charge in [0.05, 0.1) is 31.3 Å². The number of morpholine rings is 1. The number of hydrogen-bond acceptors (Lipinski definition) is 9. The molecule has 53 heavy (non-hydrogen) atoms. The highest BCUT2D eigenvalue weighted by Crippen LogP contribution is 2.29. The van der Waals surface area contributed by atoms with E-state index in [0.717, 1.165) is 42.0 Å². The molecule has 17 heteroatoms. The van der Waals surface area contributed by atoms with Gasteiger partial charge >= 0.3 is 0 Å². The molecule has 1 saturated heterocycles. The number of ether oxygens (including phenoxy) is 1. The van der Waals surface area contributed by atoms with Crippen LogP contribution in [0.4, 0.5) is 0 Å². The second-order valence-electron chi connectivity index (χ2n) is 14.2. The van der Waals surface area contributed by atoms with Crippen molar-refractivity contribution in [3.05, 3.63) is 35.9 Å². The Morgan fingerprint density at radius 3 is 2.42 bits per heavy atom. The predicted molar refractivity (Wildman–Crippen MR) is 209 cm³/mol. The van der Waals surface area contributed by atoms with Gasteiger partial charge in [-0.25, -0.2) is 0 Å². The molecule has 3 rings (SSSR count). The van der Waals surface area contributed by atoms with Crippen molar-refractivity contribution in [3.63, 3.8) is 0 Å². The Morgan fingerprint density at radius 1 is 1.06 bits per heavy atom. The summed E-state index contributed by atoms with van der Waals surface area (Å²) in [7, 11) is 0.430. The minimum Gasteiger partial charge on any atom is -0.390 e. The molecular weight excluding hydrogens is 721 g/mol. The molecule has 4 unspecified atom stereocenters. The number of rotatable bonds is 21. The van der Waals surface area contributed by atoms with Crippen molar-refractivity contribution >= 4 is 45.3 Å². The Bertz CT molecular complexity index is 1400. The second kappa shape index (κ2) is 23.1. The van der Waals surface area contributed by atoms with Gasteiger partial charge in [-0.1, -0.05) is 62.4 Å². The third-order valence-electron chi connectivity index (χ3n) is 9.90. The lowest BCUT2D eigenvalue weighted by Gasteiger charge is -2.35. The van der Waals surface area contributed by atoms with E-state index in [-0.39, 0.29) is 37.2 Å². The van der Waals surface area contributed by atoms with Gasteiger partial charge in [-0.3, -0.25) is 14.4 Å². The molecule has 1 aliphatic heterocycles. The summed E-state index contributed by atoms with van der Waals surface area (Å²) in [6.07, 6.45) is 6.27. The number of hydrogen-bond donors (Lipinski definition) is 7. The third-order valence-corrected chi connectivity index (χ3v) is 11.8. The summed E-state index contributed by atoms with van der Waals surface area (Å²) < 4.78 is 35.0. The van der Waals surface area contributed by atoms with E-state index in [0.29, 0.717) is 63.6 Å². The first-order chi connectivity index (χ1) is 25.3. The van der Waals surface area contributed by atoms with Crippen LogP contribution >= 0.6 is 12.2 Å². The largest absolute Gasteiger partial charge is 0.390 e. The monoisotopic (exact) mass is 782 g/mol. The number of unbranched alkanes of at least 4 members (excludes halogenated alkanes) is 1. The summed E-state index contributed by atoms with van der Waals surface area (Å²) in [6, 6.07) is 6.02.